The predicted molar refractivity (Wildman–Crippen MR) is 74.6 cm³/mol. The zero-order chi connectivity index (χ0) is 14.9. The minimum atomic E-state index is -1.27. The number of halogens is 2. The largest absolute Gasteiger partial charge is 0.476 e. The Bertz CT molecular complexity index is 697. The molecular formula is C12H9Cl2N3O3. The van der Waals surface area contributed by atoms with Gasteiger partial charge in [0.1, 0.15) is 0 Å². The van der Waals surface area contributed by atoms with Crippen molar-refractivity contribution < 1.29 is 14.7 Å². The molecule has 0 fully saturated rings. The van der Waals surface area contributed by atoms with Gasteiger partial charge in [0.25, 0.3) is 5.91 Å². The van der Waals surface area contributed by atoms with Crippen molar-refractivity contribution in [1.29, 1.82) is 0 Å². The number of benzene rings is 1. The number of nitrogens with zero attached hydrogens (tertiary/aromatic N) is 2. The lowest BCUT2D eigenvalue weighted by molar-refractivity contribution is 0.0685. The van der Waals surface area contributed by atoms with Crippen LogP contribution in [0.5, 0.6) is 0 Å². The number of aromatic carboxylic acids is 1. The molecule has 0 aliphatic carbocycles. The second-order valence-corrected chi connectivity index (χ2v) is 4.77. The summed E-state index contributed by atoms with van der Waals surface area (Å²) in [5.41, 5.74) is 0.0562. The van der Waals surface area contributed by atoms with Gasteiger partial charge in [-0.15, -0.1) is 0 Å². The Morgan fingerprint density at radius 1 is 1.30 bits per heavy atom. The minimum Gasteiger partial charge on any atom is -0.476 e. The Balaban J connectivity index is 2.28. The van der Waals surface area contributed by atoms with Crippen molar-refractivity contribution in [3.8, 4) is 0 Å². The molecule has 0 spiro atoms. The molecule has 0 aliphatic heterocycles. The highest BCUT2D eigenvalue weighted by molar-refractivity contribution is 6.42. The van der Waals surface area contributed by atoms with E-state index in [1.807, 2.05) is 0 Å². The number of hydrogen-bond acceptors (Lipinski definition) is 3. The van der Waals surface area contributed by atoms with Crippen molar-refractivity contribution in [1.82, 2.24) is 9.78 Å². The van der Waals surface area contributed by atoms with Crippen LogP contribution in [0.3, 0.4) is 0 Å². The number of aromatic nitrogens is 2. The van der Waals surface area contributed by atoms with Gasteiger partial charge in [0.2, 0.25) is 0 Å². The molecule has 20 heavy (non-hydrogen) atoms. The first kappa shape index (κ1) is 14.4. The van der Waals surface area contributed by atoms with Crippen molar-refractivity contribution in [3.05, 3.63) is 45.7 Å². The van der Waals surface area contributed by atoms with Crippen molar-refractivity contribution in [2.75, 3.05) is 5.32 Å². The van der Waals surface area contributed by atoms with Crippen LogP contribution in [-0.2, 0) is 7.05 Å². The summed E-state index contributed by atoms with van der Waals surface area (Å²) in [5, 5.41) is 15.9. The minimum absolute atomic E-state index is 0.0360. The Hall–Kier alpha value is -2.05. The normalized spacial score (nSPS) is 10.3. The summed E-state index contributed by atoms with van der Waals surface area (Å²) in [6.07, 6.45) is 1.33. The molecular weight excluding hydrogens is 305 g/mol. The van der Waals surface area contributed by atoms with Crippen LogP contribution in [0.25, 0.3) is 0 Å². The van der Waals surface area contributed by atoms with Crippen molar-refractivity contribution in [2.24, 2.45) is 7.05 Å². The van der Waals surface area contributed by atoms with Crippen LogP contribution in [0.4, 0.5) is 5.69 Å². The monoisotopic (exact) mass is 313 g/mol. The Morgan fingerprint density at radius 2 is 2.00 bits per heavy atom. The topological polar surface area (TPSA) is 84.2 Å². The van der Waals surface area contributed by atoms with Crippen molar-refractivity contribution in [3.63, 3.8) is 0 Å². The number of amides is 1. The molecule has 104 valence electrons. The van der Waals surface area contributed by atoms with Crippen molar-refractivity contribution in [2.45, 2.75) is 0 Å². The highest BCUT2D eigenvalue weighted by Gasteiger charge is 2.21. The lowest BCUT2D eigenvalue weighted by atomic mass is 10.2. The van der Waals surface area contributed by atoms with Gasteiger partial charge < -0.3 is 10.4 Å². The van der Waals surface area contributed by atoms with E-state index in [1.54, 1.807) is 6.07 Å². The average Bonchev–Trinajstić information content (AvgIpc) is 2.76. The second-order valence-electron chi connectivity index (χ2n) is 3.95. The van der Waals surface area contributed by atoms with Crippen LogP contribution in [0, 0.1) is 0 Å². The number of rotatable bonds is 3. The Kier molecular flexibility index (Phi) is 3.96. The molecule has 1 heterocycles. The van der Waals surface area contributed by atoms with Crippen LogP contribution < -0.4 is 5.32 Å². The van der Waals surface area contributed by atoms with Gasteiger partial charge in [-0.3, -0.25) is 9.48 Å². The second kappa shape index (κ2) is 5.52. The van der Waals surface area contributed by atoms with Gasteiger partial charge in [-0.05, 0) is 18.2 Å². The molecule has 0 atom stereocenters. The number of anilines is 1. The molecule has 1 aromatic carbocycles. The van der Waals surface area contributed by atoms with Crippen LogP contribution in [0.1, 0.15) is 20.8 Å². The first-order valence-corrected chi connectivity index (χ1v) is 6.17. The maximum absolute atomic E-state index is 12.0. The van der Waals surface area contributed by atoms with Gasteiger partial charge in [-0.2, -0.15) is 5.10 Å². The van der Waals surface area contributed by atoms with E-state index in [2.05, 4.69) is 10.4 Å². The van der Waals surface area contributed by atoms with E-state index in [1.165, 1.54) is 30.1 Å². The first-order valence-electron chi connectivity index (χ1n) is 5.42. The molecule has 2 aromatic rings. The summed E-state index contributed by atoms with van der Waals surface area (Å²) >= 11 is 11.6. The van der Waals surface area contributed by atoms with Crippen LogP contribution in [-0.4, -0.2) is 26.8 Å². The maximum atomic E-state index is 12.0. The molecule has 8 heteroatoms. The zero-order valence-corrected chi connectivity index (χ0v) is 11.7. The number of aryl methyl sites for hydroxylation is 1. The third-order valence-corrected chi connectivity index (χ3v) is 3.19. The van der Waals surface area contributed by atoms with Gasteiger partial charge in [-0.25, -0.2) is 4.79 Å². The summed E-state index contributed by atoms with van der Waals surface area (Å²) in [7, 11) is 1.53. The van der Waals surface area contributed by atoms with E-state index >= 15 is 0 Å². The quantitative estimate of drug-likeness (QED) is 0.912. The third kappa shape index (κ3) is 2.92. The summed E-state index contributed by atoms with van der Waals surface area (Å²) in [6.45, 7) is 0. The smallest absolute Gasteiger partial charge is 0.357 e. The average molecular weight is 314 g/mol. The zero-order valence-electron chi connectivity index (χ0n) is 10.2. The summed E-state index contributed by atoms with van der Waals surface area (Å²) in [6, 6.07) is 4.56. The van der Waals surface area contributed by atoms with Gasteiger partial charge in [-0.1, -0.05) is 23.2 Å². The molecule has 1 aromatic heterocycles. The van der Waals surface area contributed by atoms with Gasteiger partial charge in [0.15, 0.2) is 5.69 Å². The highest BCUT2D eigenvalue weighted by atomic mass is 35.5. The van der Waals surface area contributed by atoms with Crippen LogP contribution in [0.2, 0.25) is 10.0 Å². The number of hydrogen-bond donors (Lipinski definition) is 2. The number of nitrogens with one attached hydrogen (secondary N) is 1. The number of carboxylic acids is 1. The van der Waals surface area contributed by atoms with Crippen LogP contribution >= 0.6 is 23.2 Å². The van der Waals surface area contributed by atoms with E-state index in [4.69, 9.17) is 28.3 Å². The van der Waals surface area contributed by atoms with E-state index in [-0.39, 0.29) is 16.3 Å². The standard InChI is InChI=1S/C12H9Cl2N3O3/c1-17-5-7(10(16-17)12(19)20)11(18)15-6-2-3-8(13)9(14)4-6/h2-5H,1H3,(H,15,18)(H,19,20). The van der Waals surface area contributed by atoms with Crippen molar-refractivity contribution >= 4 is 40.8 Å². The fraction of sp³-hybridized carbons (Fsp3) is 0.0833. The fourth-order valence-corrected chi connectivity index (χ4v) is 1.88. The SMILES string of the molecule is Cn1cc(C(=O)Nc2ccc(Cl)c(Cl)c2)c(C(=O)O)n1. The summed E-state index contributed by atoms with van der Waals surface area (Å²) in [4.78, 5) is 23.0. The van der Waals surface area contributed by atoms with Gasteiger partial charge in [0, 0.05) is 18.9 Å². The van der Waals surface area contributed by atoms with Gasteiger partial charge >= 0.3 is 5.97 Å². The summed E-state index contributed by atoms with van der Waals surface area (Å²) in [5.74, 6) is -1.86. The van der Waals surface area contributed by atoms with Crippen LogP contribution in [0.15, 0.2) is 24.4 Å². The molecule has 0 saturated carbocycles. The van der Waals surface area contributed by atoms with E-state index in [0.29, 0.717) is 10.7 Å². The van der Waals surface area contributed by atoms with E-state index < -0.39 is 11.9 Å². The Labute approximate surface area is 123 Å². The molecule has 0 unspecified atom stereocenters. The lowest BCUT2D eigenvalue weighted by Crippen LogP contribution is -2.15. The number of carboxylic acid groups (broad SMARTS) is 1. The lowest BCUT2D eigenvalue weighted by Gasteiger charge is -2.05. The molecule has 0 aliphatic rings. The molecule has 1 amide bonds. The molecule has 0 radical (unpaired) electrons. The van der Waals surface area contributed by atoms with Gasteiger partial charge in [0.05, 0.1) is 15.6 Å². The molecule has 0 bridgehead atoms. The molecule has 6 nitrogen and oxygen atoms in total. The third-order valence-electron chi connectivity index (χ3n) is 2.45. The molecule has 2 rings (SSSR count). The molecule has 0 saturated heterocycles. The number of carbonyl (C=O) groups is 2. The molecule has 2 N–H and O–H groups in total. The highest BCUT2D eigenvalue weighted by Crippen LogP contribution is 2.25. The van der Waals surface area contributed by atoms with E-state index in [0.717, 1.165) is 0 Å². The number of carbonyl (C=O) groups excluding carboxylic acids is 1. The predicted octanol–water partition coefficient (Wildman–Crippen LogP) is 2.68. The Morgan fingerprint density at radius 3 is 2.60 bits per heavy atom. The fourth-order valence-electron chi connectivity index (χ4n) is 1.58. The first-order chi connectivity index (χ1) is 9.38. The maximum Gasteiger partial charge on any atom is 0.357 e. The summed E-state index contributed by atoms with van der Waals surface area (Å²) < 4.78 is 1.26. The van der Waals surface area contributed by atoms with E-state index in [9.17, 15) is 9.59 Å².